The summed E-state index contributed by atoms with van der Waals surface area (Å²) >= 11 is -1.08. The molecule has 0 aliphatic rings. The number of hydrogen-bond acceptors (Lipinski definition) is 5. The Morgan fingerprint density at radius 2 is 1.00 bits per heavy atom. The minimum atomic E-state index is -1.08. The quantitative estimate of drug-likeness (QED) is 0.395. The lowest BCUT2D eigenvalue weighted by Gasteiger charge is -1.59. The lowest BCUT2D eigenvalue weighted by Crippen LogP contribution is -1.78. The third-order valence-corrected chi connectivity index (χ3v) is 0. The van der Waals surface area contributed by atoms with Gasteiger partial charge in [-0.25, -0.2) is 0 Å². The zero-order valence-corrected chi connectivity index (χ0v) is 6.87. The topological polar surface area (TPSA) is 109 Å². The van der Waals surface area contributed by atoms with Gasteiger partial charge >= 0.3 is 0 Å². The monoisotopic (exact) mass is 185 g/mol. The first-order valence-electron chi connectivity index (χ1n) is 2.22. The van der Waals surface area contributed by atoms with E-state index in [1.807, 2.05) is 0 Å². The van der Waals surface area contributed by atoms with Crippen LogP contribution < -0.4 is 0 Å². The Hall–Kier alpha value is -1.11. The molecule has 68 valence electrons. The maximum atomic E-state index is 9.00. The number of thiol groups is 1. The molecule has 0 fully saturated rings. The largest absolute Gasteiger partial charge is 0.481 e. The lowest BCUT2D eigenvalue weighted by atomic mass is 10.9. The van der Waals surface area contributed by atoms with Crippen molar-refractivity contribution in [3.05, 3.63) is 0 Å². The Balaban J connectivity index is -0.0000000886. The van der Waals surface area contributed by atoms with Gasteiger partial charge in [-0.15, -0.1) is 0 Å². The van der Waals surface area contributed by atoms with Crippen molar-refractivity contribution >= 4 is 23.5 Å². The molecular formula is C4H9O6S-. The van der Waals surface area contributed by atoms with Crippen LogP contribution in [0.15, 0.2) is 0 Å². The fourth-order valence-corrected chi connectivity index (χ4v) is 0. The molecule has 11 heavy (non-hydrogen) atoms. The molecule has 7 heteroatoms. The molecule has 0 aromatic rings. The van der Waals surface area contributed by atoms with Gasteiger partial charge in [-0.05, 0) is 0 Å². The highest BCUT2D eigenvalue weighted by atomic mass is 32.1. The van der Waals surface area contributed by atoms with Gasteiger partial charge in [0.25, 0.3) is 11.9 Å². The van der Waals surface area contributed by atoms with Crippen LogP contribution >= 0.6 is 0 Å². The molecule has 0 atom stereocenters. The van der Waals surface area contributed by atoms with Crippen LogP contribution in [0.25, 0.3) is 0 Å². The molecule has 0 aromatic carbocycles. The van der Waals surface area contributed by atoms with Gasteiger partial charge in [-0.1, -0.05) is 11.6 Å². The summed E-state index contributed by atoms with van der Waals surface area (Å²) in [5.41, 5.74) is 0. The molecule has 6 nitrogen and oxygen atoms in total. The van der Waals surface area contributed by atoms with E-state index < -0.39 is 23.5 Å². The highest BCUT2D eigenvalue weighted by Gasteiger charge is 1.65. The molecule has 0 aliphatic heterocycles. The van der Waals surface area contributed by atoms with Gasteiger partial charge < -0.3 is 18.6 Å². The van der Waals surface area contributed by atoms with E-state index in [1.165, 1.54) is 0 Å². The summed E-state index contributed by atoms with van der Waals surface area (Å²) in [6, 6.07) is 0. The zero-order valence-electron chi connectivity index (χ0n) is 5.97. The summed E-state index contributed by atoms with van der Waals surface area (Å²) in [4.78, 5) is 18.0. The Morgan fingerprint density at radius 1 is 1.00 bits per heavy atom. The number of aliphatic carboxylic acids is 2. The fraction of sp³-hybridized carbons (Fsp3) is 0.500. The van der Waals surface area contributed by atoms with Crippen molar-refractivity contribution in [1.29, 1.82) is 0 Å². The van der Waals surface area contributed by atoms with Gasteiger partial charge in [-0.2, -0.15) is 0 Å². The second-order valence-corrected chi connectivity index (χ2v) is 1.26. The summed E-state index contributed by atoms with van der Waals surface area (Å²) < 4.78 is 16.7. The highest BCUT2D eigenvalue weighted by Crippen LogP contribution is 1.42. The summed E-state index contributed by atoms with van der Waals surface area (Å²) in [7, 11) is 0. The number of carboxylic acid groups (broad SMARTS) is 2. The van der Waals surface area contributed by atoms with Crippen LogP contribution in [0.4, 0.5) is 0 Å². The van der Waals surface area contributed by atoms with E-state index in [2.05, 4.69) is 0 Å². The number of hydrogen-bond donors (Lipinski definition) is 2. The van der Waals surface area contributed by atoms with Crippen LogP contribution in [-0.4, -0.2) is 22.2 Å². The van der Waals surface area contributed by atoms with Gasteiger partial charge in [0.15, 0.2) is 0 Å². The van der Waals surface area contributed by atoms with Crippen LogP contribution in [0, 0.1) is 0 Å². The van der Waals surface area contributed by atoms with Gasteiger partial charge in [0.05, 0.1) is 0 Å². The van der Waals surface area contributed by atoms with E-state index in [-0.39, 0.29) is 0 Å². The van der Waals surface area contributed by atoms with Crippen LogP contribution in [0.1, 0.15) is 13.8 Å². The van der Waals surface area contributed by atoms with Crippen molar-refractivity contribution < 1.29 is 28.2 Å². The first kappa shape index (κ1) is 16.5. The summed E-state index contributed by atoms with van der Waals surface area (Å²) in [5.74, 6) is -1.67. The molecule has 0 aromatic heterocycles. The van der Waals surface area contributed by atoms with E-state index in [9.17, 15) is 0 Å². The second kappa shape index (κ2) is 16.0. The molecular weight excluding hydrogens is 176 g/mol. The SMILES string of the molecule is CC(=O)O.CC(=O)O.O=[SH-]=O. The summed E-state index contributed by atoms with van der Waals surface area (Å²) in [6.45, 7) is 2.17. The maximum absolute atomic E-state index is 9.00. The minimum absolute atomic E-state index is 0.833. The lowest BCUT2D eigenvalue weighted by molar-refractivity contribution is -0.135. The molecule has 0 radical (unpaired) electrons. The number of carbonyl (C=O) groups is 2. The standard InChI is InChI=1S/2C2H4O2.HO2S/c2*1-2(3)4;1-3-2/h2*1H3,(H,3,4);3H/q;;-1. The predicted octanol–water partition coefficient (Wildman–Crippen LogP) is -0.326. The van der Waals surface area contributed by atoms with Gasteiger partial charge in [0, 0.05) is 13.8 Å². The van der Waals surface area contributed by atoms with Gasteiger partial charge in [-0.3, -0.25) is 9.59 Å². The normalized spacial score (nSPS) is 6.00. The van der Waals surface area contributed by atoms with E-state index in [0.717, 1.165) is 13.8 Å². The Bertz CT molecular complexity index is 127. The Kier molecular flexibility index (Phi) is 23.9. The molecule has 0 saturated carbocycles. The molecule has 2 N–H and O–H groups in total. The van der Waals surface area contributed by atoms with Crippen LogP contribution in [-0.2, 0) is 29.6 Å². The van der Waals surface area contributed by atoms with Crippen LogP contribution in [0.2, 0.25) is 0 Å². The predicted molar refractivity (Wildman–Crippen MR) is 36.8 cm³/mol. The average molecular weight is 185 g/mol. The van der Waals surface area contributed by atoms with Crippen LogP contribution in [0.3, 0.4) is 0 Å². The summed E-state index contributed by atoms with van der Waals surface area (Å²) in [5, 5.41) is 14.8. The molecule has 0 saturated heterocycles. The third kappa shape index (κ3) is 343. The van der Waals surface area contributed by atoms with E-state index in [1.54, 1.807) is 0 Å². The smallest absolute Gasteiger partial charge is 0.300 e. The van der Waals surface area contributed by atoms with Crippen molar-refractivity contribution in [2.75, 3.05) is 0 Å². The molecule has 0 rings (SSSR count). The molecule has 0 aliphatic carbocycles. The average Bonchev–Trinajstić information content (AvgIpc) is 1.60. The molecule has 0 spiro atoms. The molecule has 0 bridgehead atoms. The first-order valence-corrected chi connectivity index (χ1v) is 2.95. The van der Waals surface area contributed by atoms with E-state index >= 15 is 0 Å². The van der Waals surface area contributed by atoms with Crippen molar-refractivity contribution in [2.24, 2.45) is 0 Å². The van der Waals surface area contributed by atoms with Crippen molar-refractivity contribution in [3.63, 3.8) is 0 Å². The Labute approximate surface area is 66.4 Å². The third-order valence-electron chi connectivity index (χ3n) is 0. The van der Waals surface area contributed by atoms with E-state index in [0.29, 0.717) is 0 Å². The van der Waals surface area contributed by atoms with Crippen molar-refractivity contribution in [2.45, 2.75) is 13.8 Å². The molecule has 0 amide bonds. The first-order chi connectivity index (χ1) is 4.88. The van der Waals surface area contributed by atoms with Gasteiger partial charge in [0.1, 0.15) is 0 Å². The zero-order chi connectivity index (χ0) is 9.86. The maximum Gasteiger partial charge on any atom is 0.300 e. The Morgan fingerprint density at radius 3 is 1.00 bits per heavy atom. The minimum Gasteiger partial charge on any atom is -0.481 e. The summed E-state index contributed by atoms with van der Waals surface area (Å²) in [6.07, 6.45) is 0. The molecule has 0 heterocycles. The van der Waals surface area contributed by atoms with E-state index in [4.69, 9.17) is 28.2 Å². The van der Waals surface area contributed by atoms with Crippen molar-refractivity contribution in [3.8, 4) is 0 Å². The van der Waals surface area contributed by atoms with Crippen molar-refractivity contribution in [1.82, 2.24) is 0 Å². The highest BCUT2D eigenvalue weighted by molar-refractivity contribution is 7.51. The number of carboxylic acids is 2. The molecule has 0 unspecified atom stereocenters. The fourth-order valence-electron chi connectivity index (χ4n) is 0. The van der Waals surface area contributed by atoms with Gasteiger partial charge in [0.2, 0.25) is 0 Å². The second-order valence-electron chi connectivity index (χ2n) is 1.11. The van der Waals surface area contributed by atoms with Crippen LogP contribution in [0.5, 0.6) is 0 Å². The number of rotatable bonds is 0.